The number of hydrogen-bond donors (Lipinski definition) is 3. The zero-order valence-electron chi connectivity index (χ0n) is 22.3. The van der Waals surface area contributed by atoms with Crippen LogP contribution in [0.4, 0.5) is 35.1 Å². The summed E-state index contributed by atoms with van der Waals surface area (Å²) in [5.74, 6) is -7.23. The molecular formula is C28H26F8N2O3S. The van der Waals surface area contributed by atoms with Crippen LogP contribution in [-0.2, 0) is 10.2 Å². The highest BCUT2D eigenvalue weighted by Gasteiger charge is 2.42. The van der Waals surface area contributed by atoms with Crippen molar-refractivity contribution in [3.05, 3.63) is 82.1 Å². The Labute approximate surface area is 240 Å². The zero-order chi connectivity index (χ0) is 31.4. The first kappa shape index (κ1) is 33.1. The van der Waals surface area contributed by atoms with Crippen molar-refractivity contribution in [2.45, 2.75) is 55.8 Å². The van der Waals surface area contributed by atoms with Gasteiger partial charge >= 0.3 is 6.18 Å². The van der Waals surface area contributed by atoms with E-state index in [0.29, 0.717) is 17.9 Å². The highest BCUT2D eigenvalue weighted by atomic mass is 32.2. The Morgan fingerprint density at radius 2 is 1.50 bits per heavy atom. The Morgan fingerprint density at radius 3 is 2.05 bits per heavy atom. The molecule has 0 spiro atoms. The standard InChI is InChI=1S/C28H26F8N2O3S/c1-27(2,18-19(29)20(30)21(31)22(32)24(18)42-39)25(33)23(37)14-4-8-16(9-5-14)40-12-3-13-41-17-10-6-15(7-11-17)26(38)28(34,35)36/h4-6,8-10,25,37-39H,3,7,11-13H2,1-2H3. The fourth-order valence-corrected chi connectivity index (χ4v) is 4.83. The number of ether oxygens (including phenoxy) is 2. The number of allylic oxidation sites excluding steroid dienone is 4. The summed E-state index contributed by atoms with van der Waals surface area (Å²) in [5, 5.41) is 15.4. The molecule has 14 heteroatoms. The molecule has 0 aliphatic heterocycles. The molecular weight excluding hydrogens is 596 g/mol. The van der Waals surface area contributed by atoms with Crippen molar-refractivity contribution in [3.8, 4) is 5.75 Å². The monoisotopic (exact) mass is 622 g/mol. The minimum atomic E-state index is -4.70. The van der Waals surface area contributed by atoms with Crippen LogP contribution in [-0.4, -0.2) is 41.5 Å². The van der Waals surface area contributed by atoms with Crippen molar-refractivity contribution in [1.29, 1.82) is 10.8 Å². The van der Waals surface area contributed by atoms with Gasteiger partial charge in [0.2, 0.25) is 0 Å². The lowest BCUT2D eigenvalue weighted by Crippen LogP contribution is -2.38. The van der Waals surface area contributed by atoms with Crippen molar-refractivity contribution in [2.24, 2.45) is 0 Å². The van der Waals surface area contributed by atoms with Gasteiger partial charge in [-0.2, -0.15) is 13.2 Å². The number of benzene rings is 2. The molecule has 0 amide bonds. The molecule has 0 saturated heterocycles. The van der Waals surface area contributed by atoms with Gasteiger partial charge in [-0.15, -0.1) is 0 Å². The van der Waals surface area contributed by atoms with E-state index in [-0.39, 0.29) is 37.2 Å². The second-order valence-corrected chi connectivity index (χ2v) is 10.4. The van der Waals surface area contributed by atoms with Crippen molar-refractivity contribution in [1.82, 2.24) is 0 Å². The molecule has 2 aromatic rings. The fourth-order valence-electron chi connectivity index (χ4n) is 4.22. The van der Waals surface area contributed by atoms with Crippen molar-refractivity contribution >= 4 is 23.5 Å². The van der Waals surface area contributed by atoms with Crippen LogP contribution in [0.5, 0.6) is 5.75 Å². The summed E-state index contributed by atoms with van der Waals surface area (Å²) in [7, 11) is 0. The molecule has 3 rings (SSSR count). The zero-order valence-corrected chi connectivity index (χ0v) is 23.1. The summed E-state index contributed by atoms with van der Waals surface area (Å²) < 4.78 is 130. The van der Waals surface area contributed by atoms with Crippen LogP contribution < -0.4 is 4.74 Å². The van der Waals surface area contributed by atoms with E-state index in [9.17, 15) is 35.3 Å². The molecule has 0 fully saturated rings. The van der Waals surface area contributed by atoms with Crippen LogP contribution in [0.25, 0.3) is 0 Å². The summed E-state index contributed by atoms with van der Waals surface area (Å²) in [4.78, 5) is -1.03. The third-order valence-electron chi connectivity index (χ3n) is 6.57. The van der Waals surface area contributed by atoms with Gasteiger partial charge in [-0.25, -0.2) is 22.0 Å². The number of alkyl halides is 4. The van der Waals surface area contributed by atoms with E-state index in [1.54, 1.807) is 0 Å². The fraction of sp³-hybridized carbons (Fsp3) is 0.357. The van der Waals surface area contributed by atoms with E-state index in [0.717, 1.165) is 13.8 Å². The summed E-state index contributed by atoms with van der Waals surface area (Å²) in [6, 6.07) is 5.55. The van der Waals surface area contributed by atoms with E-state index in [2.05, 4.69) is 0 Å². The predicted molar refractivity (Wildman–Crippen MR) is 141 cm³/mol. The third-order valence-corrected chi connectivity index (χ3v) is 7.14. The lowest BCUT2D eigenvalue weighted by atomic mass is 9.76. The van der Waals surface area contributed by atoms with Crippen LogP contribution in [0.1, 0.15) is 44.2 Å². The molecule has 1 aliphatic rings. The quantitative estimate of drug-likeness (QED) is 0.0554. The lowest BCUT2D eigenvalue weighted by molar-refractivity contribution is -0.0591. The molecule has 0 heterocycles. The number of rotatable bonds is 12. The number of nitrogens with one attached hydrogen (secondary N) is 2. The summed E-state index contributed by atoms with van der Waals surface area (Å²) in [6.45, 7) is 2.52. The van der Waals surface area contributed by atoms with Gasteiger partial charge in [-0.3, -0.25) is 5.41 Å². The maximum absolute atomic E-state index is 15.5. The number of hydrogen-bond acceptors (Lipinski definition) is 6. The third kappa shape index (κ3) is 7.14. The lowest BCUT2D eigenvalue weighted by Gasteiger charge is -2.31. The first-order chi connectivity index (χ1) is 19.6. The molecule has 3 N–H and O–H groups in total. The molecule has 1 aliphatic carbocycles. The van der Waals surface area contributed by atoms with E-state index >= 15 is 4.39 Å². The minimum Gasteiger partial charge on any atom is -0.498 e. The van der Waals surface area contributed by atoms with Gasteiger partial charge < -0.3 is 19.4 Å². The van der Waals surface area contributed by atoms with Crippen LogP contribution >= 0.6 is 12.0 Å². The molecule has 0 bridgehead atoms. The van der Waals surface area contributed by atoms with Gasteiger partial charge in [-0.1, -0.05) is 19.9 Å². The van der Waals surface area contributed by atoms with Gasteiger partial charge in [0, 0.05) is 35.9 Å². The van der Waals surface area contributed by atoms with Crippen LogP contribution in [0.15, 0.2) is 52.6 Å². The summed E-state index contributed by atoms with van der Waals surface area (Å²) in [5.41, 5.74) is -5.16. The molecule has 0 radical (unpaired) electrons. The highest BCUT2D eigenvalue weighted by Crippen LogP contribution is 2.41. The average Bonchev–Trinajstić information content (AvgIpc) is 2.96. The molecule has 2 aromatic carbocycles. The van der Waals surface area contributed by atoms with Gasteiger partial charge in [-0.05, 0) is 47.9 Å². The normalized spacial score (nSPS) is 14.6. The van der Waals surface area contributed by atoms with Crippen LogP contribution in [0, 0.1) is 34.1 Å². The van der Waals surface area contributed by atoms with Gasteiger partial charge in [0.1, 0.15) is 11.5 Å². The maximum atomic E-state index is 15.5. The second kappa shape index (κ2) is 13.3. The smallest absolute Gasteiger partial charge is 0.432 e. The first-order valence-electron chi connectivity index (χ1n) is 12.4. The van der Waals surface area contributed by atoms with Crippen LogP contribution in [0.3, 0.4) is 0 Å². The summed E-state index contributed by atoms with van der Waals surface area (Å²) >= 11 is -0.401. The molecule has 0 saturated carbocycles. The van der Waals surface area contributed by atoms with E-state index in [4.69, 9.17) is 20.3 Å². The van der Waals surface area contributed by atoms with Crippen molar-refractivity contribution in [3.63, 3.8) is 0 Å². The van der Waals surface area contributed by atoms with E-state index in [1.165, 1.54) is 36.4 Å². The topological polar surface area (TPSA) is 86.4 Å². The molecule has 1 atom stereocenters. The highest BCUT2D eigenvalue weighted by molar-refractivity contribution is 7.93. The second-order valence-electron chi connectivity index (χ2n) is 9.82. The van der Waals surface area contributed by atoms with Gasteiger partial charge in [0.05, 0.1) is 29.6 Å². The van der Waals surface area contributed by atoms with Crippen molar-refractivity contribution in [2.75, 3.05) is 13.2 Å². The van der Waals surface area contributed by atoms with Gasteiger partial charge in [0.25, 0.3) is 0 Å². The maximum Gasteiger partial charge on any atom is 0.432 e. The Hall–Kier alpha value is -3.39. The SMILES string of the molecule is CC(C)(c1c(F)c(F)c(F)c(F)c1SO)C(F)C(=N)c1ccc(OCCCOC2=CC=C(C(=N)C(F)(F)F)CC2)cc1. The largest absolute Gasteiger partial charge is 0.498 e. The molecule has 42 heavy (non-hydrogen) atoms. The Balaban J connectivity index is 1.57. The molecule has 5 nitrogen and oxygen atoms in total. The first-order valence-corrected chi connectivity index (χ1v) is 13.2. The van der Waals surface area contributed by atoms with Crippen LogP contribution in [0.2, 0.25) is 0 Å². The number of halogens is 8. The van der Waals surface area contributed by atoms with Gasteiger partial charge in [0.15, 0.2) is 29.4 Å². The average molecular weight is 623 g/mol. The van der Waals surface area contributed by atoms with Crippen molar-refractivity contribution < 1.29 is 49.1 Å². The Bertz CT molecular complexity index is 1410. The minimum absolute atomic E-state index is 0.0348. The molecule has 0 aromatic heterocycles. The summed E-state index contributed by atoms with van der Waals surface area (Å²) in [6.07, 6.45) is -3.75. The van der Waals surface area contributed by atoms with E-state index < -0.39 is 75.0 Å². The Morgan fingerprint density at radius 1 is 0.905 bits per heavy atom. The van der Waals surface area contributed by atoms with E-state index in [1.807, 2.05) is 0 Å². The molecule has 228 valence electrons. The Kier molecular flexibility index (Phi) is 10.5. The molecule has 1 unspecified atom stereocenters. The predicted octanol–water partition coefficient (Wildman–Crippen LogP) is 8.46.